The fraction of sp³-hybridized carbons (Fsp3) is 0.409. The second kappa shape index (κ2) is 10.7. The Morgan fingerprint density at radius 1 is 0.964 bits per heavy atom. The second-order valence-corrected chi connectivity index (χ2v) is 7.00. The van der Waals surface area contributed by atoms with Gasteiger partial charge in [0.2, 0.25) is 0 Å². The first-order valence-electron chi connectivity index (χ1n) is 9.96. The van der Waals surface area contributed by atoms with Crippen molar-refractivity contribution in [3.63, 3.8) is 0 Å². The molecule has 2 aromatic carbocycles. The Balaban J connectivity index is 1.30. The van der Waals surface area contributed by atoms with Crippen molar-refractivity contribution in [3.05, 3.63) is 66.0 Å². The molecule has 2 N–H and O–H groups in total. The van der Waals surface area contributed by atoms with Crippen LogP contribution in [0.15, 0.2) is 59.6 Å². The van der Waals surface area contributed by atoms with Crippen LogP contribution in [0.4, 0.5) is 10.1 Å². The van der Waals surface area contributed by atoms with Gasteiger partial charge in [0, 0.05) is 52.0 Å². The van der Waals surface area contributed by atoms with Crippen LogP contribution in [0, 0.1) is 5.82 Å². The Bertz CT molecular complexity index is 724. The van der Waals surface area contributed by atoms with Crippen LogP contribution in [0.3, 0.4) is 0 Å². The largest absolute Gasteiger partial charge is 0.369 e. The summed E-state index contributed by atoms with van der Waals surface area (Å²) < 4.78 is 13.0. The average Bonchev–Trinajstić information content (AvgIpc) is 2.75. The topological polar surface area (TPSA) is 42.9 Å². The second-order valence-electron chi connectivity index (χ2n) is 7.00. The zero-order chi connectivity index (χ0) is 19.6. The van der Waals surface area contributed by atoms with E-state index in [1.54, 1.807) is 19.2 Å². The van der Waals surface area contributed by atoms with Crippen LogP contribution in [0.5, 0.6) is 0 Å². The Hall–Kier alpha value is -2.60. The number of benzene rings is 2. The van der Waals surface area contributed by atoms with Crippen molar-refractivity contribution in [2.24, 2.45) is 4.99 Å². The molecule has 0 aliphatic carbocycles. The van der Waals surface area contributed by atoms with Crippen LogP contribution in [0.2, 0.25) is 0 Å². The summed E-state index contributed by atoms with van der Waals surface area (Å²) in [6.07, 6.45) is 1.07. The maximum absolute atomic E-state index is 13.0. The van der Waals surface area contributed by atoms with E-state index in [4.69, 9.17) is 0 Å². The molecule has 150 valence electrons. The van der Waals surface area contributed by atoms with E-state index in [0.717, 1.165) is 57.2 Å². The Morgan fingerprint density at radius 2 is 1.68 bits per heavy atom. The summed E-state index contributed by atoms with van der Waals surface area (Å²) in [7, 11) is 1.77. The number of guanidine groups is 1. The number of halogens is 1. The Labute approximate surface area is 167 Å². The predicted octanol–water partition coefficient (Wildman–Crippen LogP) is 2.70. The normalized spacial score (nSPS) is 15.5. The first kappa shape index (κ1) is 20.1. The van der Waals surface area contributed by atoms with Gasteiger partial charge in [-0.05, 0) is 42.8 Å². The SMILES string of the molecule is CN=C(NCCCN1CCN(c2ccccc2)CC1)NCc1ccc(F)cc1. The van der Waals surface area contributed by atoms with E-state index in [0.29, 0.717) is 6.54 Å². The molecule has 1 heterocycles. The summed E-state index contributed by atoms with van der Waals surface area (Å²) in [6.45, 7) is 6.96. The fourth-order valence-electron chi connectivity index (χ4n) is 3.39. The highest BCUT2D eigenvalue weighted by molar-refractivity contribution is 5.79. The minimum absolute atomic E-state index is 0.212. The van der Waals surface area contributed by atoms with Crippen molar-refractivity contribution in [2.75, 3.05) is 51.2 Å². The van der Waals surface area contributed by atoms with Gasteiger partial charge < -0.3 is 15.5 Å². The minimum Gasteiger partial charge on any atom is -0.369 e. The number of hydrogen-bond acceptors (Lipinski definition) is 3. The first-order chi connectivity index (χ1) is 13.7. The summed E-state index contributed by atoms with van der Waals surface area (Å²) in [5.41, 5.74) is 2.35. The summed E-state index contributed by atoms with van der Waals surface area (Å²) in [4.78, 5) is 9.23. The lowest BCUT2D eigenvalue weighted by Crippen LogP contribution is -2.47. The molecule has 28 heavy (non-hydrogen) atoms. The monoisotopic (exact) mass is 383 g/mol. The molecular weight excluding hydrogens is 353 g/mol. The van der Waals surface area contributed by atoms with E-state index in [1.165, 1.54) is 17.8 Å². The number of para-hydroxylation sites is 1. The Kier molecular flexibility index (Phi) is 7.67. The summed E-state index contributed by atoms with van der Waals surface area (Å²) >= 11 is 0. The van der Waals surface area contributed by atoms with Gasteiger partial charge in [-0.2, -0.15) is 0 Å². The molecule has 0 atom stereocenters. The van der Waals surface area contributed by atoms with Crippen LogP contribution in [0.1, 0.15) is 12.0 Å². The van der Waals surface area contributed by atoms with Gasteiger partial charge in [-0.3, -0.25) is 9.89 Å². The molecule has 5 nitrogen and oxygen atoms in total. The van der Waals surface area contributed by atoms with E-state index >= 15 is 0 Å². The van der Waals surface area contributed by atoms with Crippen molar-refractivity contribution in [1.82, 2.24) is 15.5 Å². The number of aliphatic imine (C=N–C) groups is 1. The van der Waals surface area contributed by atoms with Gasteiger partial charge in [0.05, 0.1) is 0 Å². The highest BCUT2D eigenvalue weighted by atomic mass is 19.1. The quantitative estimate of drug-likeness (QED) is 0.438. The lowest BCUT2D eigenvalue weighted by Gasteiger charge is -2.36. The third-order valence-electron chi connectivity index (χ3n) is 5.03. The molecule has 1 aliphatic heterocycles. The zero-order valence-electron chi connectivity index (χ0n) is 16.6. The highest BCUT2D eigenvalue weighted by Crippen LogP contribution is 2.15. The van der Waals surface area contributed by atoms with Crippen molar-refractivity contribution >= 4 is 11.6 Å². The molecule has 1 saturated heterocycles. The smallest absolute Gasteiger partial charge is 0.191 e. The van der Waals surface area contributed by atoms with E-state index in [2.05, 4.69) is 55.8 Å². The standard InChI is InChI=1S/C22H30FN5/c1-24-22(26-18-19-8-10-20(23)11-9-19)25-12-5-13-27-14-16-28(17-15-27)21-6-3-2-4-7-21/h2-4,6-11H,5,12-18H2,1H3,(H2,24,25,26). The lowest BCUT2D eigenvalue weighted by molar-refractivity contribution is 0.255. The number of piperazine rings is 1. The molecule has 0 aromatic heterocycles. The maximum Gasteiger partial charge on any atom is 0.191 e. The van der Waals surface area contributed by atoms with Crippen LogP contribution in [-0.4, -0.2) is 57.2 Å². The number of hydrogen-bond donors (Lipinski definition) is 2. The number of rotatable bonds is 7. The van der Waals surface area contributed by atoms with Gasteiger partial charge in [0.15, 0.2) is 5.96 Å². The molecule has 0 unspecified atom stereocenters. The number of nitrogens with zero attached hydrogens (tertiary/aromatic N) is 3. The summed E-state index contributed by atoms with van der Waals surface area (Å²) in [5.74, 6) is 0.564. The van der Waals surface area contributed by atoms with Gasteiger partial charge in [0.25, 0.3) is 0 Å². The van der Waals surface area contributed by atoms with Gasteiger partial charge >= 0.3 is 0 Å². The molecule has 2 aromatic rings. The molecule has 1 fully saturated rings. The van der Waals surface area contributed by atoms with Crippen LogP contribution in [-0.2, 0) is 6.54 Å². The van der Waals surface area contributed by atoms with E-state index in [-0.39, 0.29) is 5.82 Å². The van der Waals surface area contributed by atoms with Gasteiger partial charge in [-0.25, -0.2) is 4.39 Å². The van der Waals surface area contributed by atoms with Gasteiger partial charge in [-0.1, -0.05) is 30.3 Å². The van der Waals surface area contributed by atoms with Crippen LogP contribution in [0.25, 0.3) is 0 Å². The molecule has 0 amide bonds. The molecular formula is C22H30FN5. The lowest BCUT2D eigenvalue weighted by atomic mass is 10.2. The maximum atomic E-state index is 13.0. The summed E-state index contributed by atoms with van der Waals surface area (Å²) in [5, 5.41) is 6.62. The fourth-order valence-corrected chi connectivity index (χ4v) is 3.39. The van der Waals surface area contributed by atoms with Crippen molar-refractivity contribution in [1.29, 1.82) is 0 Å². The minimum atomic E-state index is -0.212. The number of anilines is 1. The third-order valence-corrected chi connectivity index (χ3v) is 5.03. The van der Waals surface area contributed by atoms with Gasteiger partial charge in [-0.15, -0.1) is 0 Å². The molecule has 0 radical (unpaired) electrons. The number of nitrogens with one attached hydrogen (secondary N) is 2. The molecule has 6 heteroatoms. The van der Waals surface area contributed by atoms with E-state index < -0.39 is 0 Å². The van der Waals surface area contributed by atoms with Crippen molar-refractivity contribution in [2.45, 2.75) is 13.0 Å². The van der Waals surface area contributed by atoms with Crippen LogP contribution >= 0.6 is 0 Å². The molecule has 0 saturated carbocycles. The average molecular weight is 384 g/mol. The summed E-state index contributed by atoms with van der Waals surface area (Å²) in [6, 6.07) is 17.2. The highest BCUT2D eigenvalue weighted by Gasteiger charge is 2.16. The Morgan fingerprint density at radius 3 is 2.36 bits per heavy atom. The third kappa shape index (κ3) is 6.23. The molecule has 3 rings (SSSR count). The molecule has 0 spiro atoms. The zero-order valence-corrected chi connectivity index (χ0v) is 16.6. The van der Waals surface area contributed by atoms with E-state index in [9.17, 15) is 4.39 Å². The van der Waals surface area contributed by atoms with Gasteiger partial charge in [0.1, 0.15) is 5.82 Å². The molecule has 0 bridgehead atoms. The van der Waals surface area contributed by atoms with E-state index in [1.807, 2.05) is 0 Å². The van der Waals surface area contributed by atoms with Crippen molar-refractivity contribution < 1.29 is 4.39 Å². The van der Waals surface area contributed by atoms with Crippen molar-refractivity contribution in [3.8, 4) is 0 Å². The molecule has 1 aliphatic rings. The first-order valence-corrected chi connectivity index (χ1v) is 9.96. The predicted molar refractivity (Wildman–Crippen MR) is 114 cm³/mol. The van der Waals surface area contributed by atoms with Crippen LogP contribution < -0.4 is 15.5 Å².